The number of para-hydroxylation sites is 1. The van der Waals surface area contributed by atoms with Crippen LogP contribution < -0.4 is 5.32 Å². The Balaban J connectivity index is 1.43. The molecule has 1 saturated carbocycles. The highest BCUT2D eigenvalue weighted by molar-refractivity contribution is 6.01. The van der Waals surface area contributed by atoms with Crippen molar-refractivity contribution in [2.24, 2.45) is 13.0 Å². The van der Waals surface area contributed by atoms with Gasteiger partial charge in [-0.05, 0) is 71.0 Å². The van der Waals surface area contributed by atoms with Gasteiger partial charge in [-0.25, -0.2) is 0 Å². The molecular formula is C27H40N4O2. The average molecular weight is 453 g/mol. The second-order valence-electron chi connectivity index (χ2n) is 10.3. The number of benzene rings is 1. The molecule has 2 fully saturated rings. The minimum absolute atomic E-state index is 0.101. The molecule has 0 spiro atoms. The molecule has 1 aromatic carbocycles. The highest BCUT2D eigenvalue weighted by atomic mass is 16.2. The lowest BCUT2D eigenvalue weighted by molar-refractivity contribution is -0.133. The van der Waals surface area contributed by atoms with Crippen LogP contribution >= 0.6 is 0 Å². The molecule has 2 amide bonds. The smallest absolute Gasteiger partial charge is 0.268 e. The van der Waals surface area contributed by atoms with Gasteiger partial charge in [-0.15, -0.1) is 0 Å². The lowest BCUT2D eigenvalue weighted by atomic mass is 9.77. The van der Waals surface area contributed by atoms with Crippen LogP contribution in [0.15, 0.2) is 30.3 Å². The van der Waals surface area contributed by atoms with Crippen LogP contribution in [0, 0.1) is 5.92 Å². The third-order valence-electron chi connectivity index (χ3n) is 8.09. The molecule has 1 saturated heterocycles. The highest BCUT2D eigenvalue weighted by Crippen LogP contribution is 2.36. The van der Waals surface area contributed by atoms with Gasteiger partial charge in [0.15, 0.2) is 0 Å². The highest BCUT2D eigenvalue weighted by Gasteiger charge is 2.42. The maximum Gasteiger partial charge on any atom is 0.268 e. The Labute approximate surface area is 198 Å². The van der Waals surface area contributed by atoms with Gasteiger partial charge in [-0.1, -0.05) is 31.5 Å². The number of nitrogens with one attached hydrogen (secondary N) is 1. The third-order valence-corrected chi connectivity index (χ3v) is 8.09. The molecule has 2 aromatic rings. The number of amides is 2. The molecule has 6 nitrogen and oxygen atoms in total. The van der Waals surface area contributed by atoms with Crippen molar-refractivity contribution >= 4 is 22.7 Å². The van der Waals surface area contributed by atoms with Crippen molar-refractivity contribution in [1.29, 1.82) is 0 Å². The molecule has 4 rings (SSSR count). The van der Waals surface area contributed by atoms with E-state index in [9.17, 15) is 9.59 Å². The number of aromatic nitrogens is 1. The van der Waals surface area contributed by atoms with Gasteiger partial charge in [0.2, 0.25) is 5.91 Å². The quantitative estimate of drug-likeness (QED) is 0.685. The summed E-state index contributed by atoms with van der Waals surface area (Å²) in [6.45, 7) is 7.50. The summed E-state index contributed by atoms with van der Waals surface area (Å²) in [5.74, 6) is 0.469. The number of nitrogens with zero attached hydrogens (tertiary/aromatic N) is 3. The summed E-state index contributed by atoms with van der Waals surface area (Å²) in [4.78, 5) is 31.0. The first-order chi connectivity index (χ1) is 15.8. The summed E-state index contributed by atoms with van der Waals surface area (Å²) in [5.41, 5.74) is 1.62. The van der Waals surface area contributed by atoms with Gasteiger partial charge in [0.25, 0.3) is 5.91 Å². The van der Waals surface area contributed by atoms with Gasteiger partial charge in [0.05, 0.1) is 0 Å². The van der Waals surface area contributed by atoms with Gasteiger partial charge in [-0.2, -0.15) is 0 Å². The van der Waals surface area contributed by atoms with E-state index in [1.165, 1.54) is 0 Å². The number of carbonyl (C=O) groups excluding carboxylic acids is 2. The minimum Gasteiger partial charge on any atom is -0.340 e. The number of carbonyl (C=O) groups is 2. The van der Waals surface area contributed by atoms with E-state index in [1.54, 1.807) is 0 Å². The molecule has 2 aliphatic rings. The molecule has 180 valence electrons. The minimum atomic E-state index is -0.422. The number of fused-ring (bicyclic) bond motifs is 1. The van der Waals surface area contributed by atoms with Gasteiger partial charge >= 0.3 is 0 Å². The standard InChI is InChI=1S/C27H40N4O2/c1-6-9-19-16-21(29(4)18(2)3)12-13-24(19)31-15-14-22(27(31)33)28-26(32)25-17-20-10-7-8-11-23(20)30(25)5/h7-8,10-11,17-19,21-22,24H,6,9,12-16H2,1-5H3,(H,28,32)/t19-,21-,22+,24+/m1/s1. The van der Waals surface area contributed by atoms with Gasteiger partial charge in [0, 0.05) is 42.6 Å². The summed E-state index contributed by atoms with van der Waals surface area (Å²) >= 11 is 0. The molecule has 0 bridgehead atoms. The maximum absolute atomic E-state index is 13.4. The Morgan fingerprint density at radius 1 is 1.21 bits per heavy atom. The zero-order valence-electron chi connectivity index (χ0n) is 20.9. The van der Waals surface area contributed by atoms with Crippen LogP contribution in [0.3, 0.4) is 0 Å². The maximum atomic E-state index is 13.4. The van der Waals surface area contributed by atoms with Crippen molar-refractivity contribution < 1.29 is 9.59 Å². The van der Waals surface area contributed by atoms with E-state index >= 15 is 0 Å². The van der Waals surface area contributed by atoms with E-state index in [-0.39, 0.29) is 11.8 Å². The van der Waals surface area contributed by atoms with Crippen LogP contribution in [0.1, 0.15) is 69.8 Å². The molecule has 0 radical (unpaired) electrons. The first-order valence-electron chi connectivity index (χ1n) is 12.7. The molecule has 1 aromatic heterocycles. The summed E-state index contributed by atoms with van der Waals surface area (Å²) < 4.78 is 1.91. The number of likely N-dealkylation sites (tertiary alicyclic amines) is 1. The van der Waals surface area contributed by atoms with Crippen molar-refractivity contribution in [1.82, 2.24) is 19.7 Å². The second kappa shape index (κ2) is 9.88. The fraction of sp³-hybridized carbons (Fsp3) is 0.630. The normalized spacial score (nSPS) is 26.0. The van der Waals surface area contributed by atoms with Gasteiger partial charge in [-0.3, -0.25) is 9.59 Å². The molecule has 4 atom stereocenters. The van der Waals surface area contributed by atoms with Gasteiger partial charge < -0.3 is 19.7 Å². The molecule has 2 heterocycles. The molecule has 6 heteroatoms. The van der Waals surface area contributed by atoms with Crippen LogP contribution in [0.25, 0.3) is 10.9 Å². The van der Waals surface area contributed by atoms with Crippen LogP contribution in [-0.2, 0) is 11.8 Å². The zero-order valence-corrected chi connectivity index (χ0v) is 20.9. The fourth-order valence-corrected chi connectivity index (χ4v) is 6.01. The summed E-state index contributed by atoms with van der Waals surface area (Å²) in [6, 6.07) is 10.9. The van der Waals surface area contributed by atoms with Crippen molar-refractivity contribution in [2.75, 3.05) is 13.6 Å². The first-order valence-corrected chi connectivity index (χ1v) is 12.7. The van der Waals surface area contributed by atoms with E-state index in [0.29, 0.717) is 36.2 Å². The van der Waals surface area contributed by atoms with Crippen molar-refractivity contribution in [3.05, 3.63) is 36.0 Å². The number of hydrogen-bond donors (Lipinski definition) is 1. The largest absolute Gasteiger partial charge is 0.340 e. The summed E-state index contributed by atoms with van der Waals surface area (Å²) in [7, 11) is 4.14. The first kappa shape index (κ1) is 23.8. The topological polar surface area (TPSA) is 57.6 Å². The lowest BCUT2D eigenvalue weighted by Crippen LogP contribution is -2.51. The third kappa shape index (κ3) is 4.68. The fourth-order valence-electron chi connectivity index (χ4n) is 6.01. The molecular weight excluding hydrogens is 412 g/mol. The summed E-state index contributed by atoms with van der Waals surface area (Å²) in [5, 5.41) is 4.08. The second-order valence-corrected chi connectivity index (χ2v) is 10.3. The van der Waals surface area contributed by atoms with Gasteiger partial charge in [0.1, 0.15) is 11.7 Å². The SMILES string of the molecule is CCC[C@@H]1C[C@H](N(C)C(C)C)CC[C@@H]1N1CC[C@H](NC(=O)c2cc3ccccc3n2C)C1=O. The Bertz CT molecular complexity index is 997. The van der Waals surface area contributed by atoms with Crippen molar-refractivity contribution in [3.63, 3.8) is 0 Å². The van der Waals surface area contributed by atoms with E-state index in [1.807, 2.05) is 41.9 Å². The van der Waals surface area contributed by atoms with E-state index in [4.69, 9.17) is 0 Å². The Morgan fingerprint density at radius 3 is 2.67 bits per heavy atom. The Morgan fingerprint density at radius 2 is 1.97 bits per heavy atom. The molecule has 1 aliphatic heterocycles. The molecule has 1 N–H and O–H groups in total. The van der Waals surface area contributed by atoms with E-state index in [0.717, 1.165) is 49.6 Å². The number of rotatable bonds is 7. The Hall–Kier alpha value is -2.34. The van der Waals surface area contributed by atoms with Crippen LogP contribution in [0.2, 0.25) is 0 Å². The van der Waals surface area contributed by atoms with Crippen molar-refractivity contribution in [3.8, 4) is 0 Å². The van der Waals surface area contributed by atoms with E-state index in [2.05, 4.69) is 42.9 Å². The average Bonchev–Trinajstić information content (AvgIpc) is 3.33. The van der Waals surface area contributed by atoms with Crippen LogP contribution in [0.5, 0.6) is 0 Å². The zero-order chi connectivity index (χ0) is 23.7. The Kier molecular flexibility index (Phi) is 7.13. The summed E-state index contributed by atoms with van der Waals surface area (Å²) in [6.07, 6.45) is 6.34. The van der Waals surface area contributed by atoms with Crippen molar-refractivity contribution in [2.45, 2.75) is 83.5 Å². The van der Waals surface area contributed by atoms with Crippen LogP contribution in [-0.4, -0.2) is 63.9 Å². The molecule has 1 aliphatic carbocycles. The van der Waals surface area contributed by atoms with E-state index < -0.39 is 6.04 Å². The number of hydrogen-bond acceptors (Lipinski definition) is 3. The molecule has 33 heavy (non-hydrogen) atoms. The number of aryl methyl sites for hydroxylation is 1. The monoisotopic (exact) mass is 452 g/mol. The van der Waals surface area contributed by atoms with Crippen LogP contribution in [0.4, 0.5) is 0 Å². The molecule has 0 unspecified atom stereocenters. The lowest BCUT2D eigenvalue weighted by Gasteiger charge is -2.44. The predicted octanol–water partition coefficient (Wildman–Crippen LogP) is 4.19. The predicted molar refractivity (Wildman–Crippen MR) is 133 cm³/mol.